The Bertz CT molecular complexity index is 1230. The van der Waals surface area contributed by atoms with Gasteiger partial charge in [-0.1, -0.05) is 29.8 Å². The minimum atomic E-state index is -0.701. The highest BCUT2D eigenvalue weighted by molar-refractivity contribution is 6.09. The van der Waals surface area contributed by atoms with Crippen molar-refractivity contribution < 1.29 is 14.0 Å². The molecule has 4 aromatic rings. The number of hydrogen-bond donors (Lipinski definition) is 2. The molecular formula is C21H21N5O3. The fourth-order valence-electron chi connectivity index (χ4n) is 3.32. The summed E-state index contributed by atoms with van der Waals surface area (Å²) < 4.78 is 8.89. The number of amides is 2. The van der Waals surface area contributed by atoms with E-state index < -0.39 is 5.91 Å². The van der Waals surface area contributed by atoms with Gasteiger partial charge in [0, 0.05) is 25.7 Å². The van der Waals surface area contributed by atoms with Crippen LogP contribution in [0.2, 0.25) is 0 Å². The van der Waals surface area contributed by atoms with Crippen LogP contribution in [0.15, 0.2) is 47.1 Å². The maximum absolute atomic E-state index is 13.1. The Labute approximate surface area is 166 Å². The lowest BCUT2D eigenvalue weighted by molar-refractivity contribution is 0.0995. The largest absolute Gasteiger partial charge is 0.463 e. The molecular weight excluding hydrogens is 370 g/mol. The fraction of sp³-hybridized carbons (Fsp3) is 0.190. The van der Waals surface area contributed by atoms with Crippen molar-refractivity contribution in [2.75, 3.05) is 5.32 Å². The van der Waals surface area contributed by atoms with Crippen molar-refractivity contribution in [1.82, 2.24) is 14.3 Å². The second kappa shape index (κ2) is 6.97. The van der Waals surface area contributed by atoms with E-state index in [0.29, 0.717) is 29.2 Å². The van der Waals surface area contributed by atoms with Crippen molar-refractivity contribution in [3.8, 4) is 0 Å². The van der Waals surface area contributed by atoms with Crippen molar-refractivity contribution in [3.05, 3.63) is 70.9 Å². The monoisotopic (exact) mass is 391 g/mol. The van der Waals surface area contributed by atoms with Gasteiger partial charge < -0.3 is 20.0 Å². The van der Waals surface area contributed by atoms with Gasteiger partial charge in [-0.05, 0) is 19.4 Å². The van der Waals surface area contributed by atoms with Gasteiger partial charge in [-0.2, -0.15) is 5.10 Å². The number of nitrogens with zero attached hydrogens (tertiary/aromatic N) is 3. The van der Waals surface area contributed by atoms with E-state index in [0.717, 1.165) is 11.1 Å². The molecule has 148 valence electrons. The smallest absolute Gasteiger partial charge is 0.272 e. The van der Waals surface area contributed by atoms with Crippen LogP contribution in [0, 0.1) is 13.8 Å². The molecule has 0 bridgehead atoms. The standard InChI is InChI=1S/C21H21N5O3/c1-12-4-6-14(7-5-12)11-26-15-8-9-29-17(15)10-16(26)21(28)23-18-13(2)25(3)24-19(18)20(22)27/h4-10H,11H2,1-3H3,(H2,22,27)(H,23,28). The van der Waals surface area contributed by atoms with Crippen LogP contribution in [0.3, 0.4) is 0 Å². The zero-order chi connectivity index (χ0) is 20.7. The van der Waals surface area contributed by atoms with Crippen molar-refractivity contribution in [2.24, 2.45) is 12.8 Å². The summed E-state index contributed by atoms with van der Waals surface area (Å²) in [6.45, 7) is 4.28. The third-order valence-electron chi connectivity index (χ3n) is 5.02. The van der Waals surface area contributed by atoms with Crippen LogP contribution in [0.4, 0.5) is 5.69 Å². The number of carbonyl (C=O) groups is 2. The Kier molecular flexibility index (Phi) is 4.46. The third kappa shape index (κ3) is 3.29. The second-order valence-electron chi connectivity index (χ2n) is 7.02. The summed E-state index contributed by atoms with van der Waals surface area (Å²) >= 11 is 0. The van der Waals surface area contributed by atoms with E-state index in [1.165, 1.54) is 10.2 Å². The number of aryl methyl sites for hydroxylation is 2. The van der Waals surface area contributed by atoms with Crippen LogP contribution < -0.4 is 11.1 Å². The number of primary amides is 1. The van der Waals surface area contributed by atoms with E-state index in [2.05, 4.69) is 10.4 Å². The number of rotatable bonds is 5. The minimum Gasteiger partial charge on any atom is -0.463 e. The number of hydrogen-bond acceptors (Lipinski definition) is 4. The molecule has 0 aliphatic carbocycles. The van der Waals surface area contributed by atoms with Gasteiger partial charge in [0.2, 0.25) is 0 Å². The molecule has 0 aliphatic rings. The first-order valence-corrected chi connectivity index (χ1v) is 9.12. The average Bonchev–Trinajstić information content (AvgIpc) is 3.34. The van der Waals surface area contributed by atoms with Crippen molar-refractivity contribution in [3.63, 3.8) is 0 Å². The summed E-state index contributed by atoms with van der Waals surface area (Å²) in [6, 6.07) is 11.6. The van der Waals surface area contributed by atoms with Crippen LogP contribution in [-0.4, -0.2) is 26.2 Å². The van der Waals surface area contributed by atoms with Gasteiger partial charge in [-0.25, -0.2) is 0 Å². The summed E-state index contributed by atoms with van der Waals surface area (Å²) in [7, 11) is 1.69. The van der Waals surface area contributed by atoms with Crippen LogP contribution >= 0.6 is 0 Å². The predicted molar refractivity (Wildman–Crippen MR) is 109 cm³/mol. The molecule has 0 spiro atoms. The molecule has 0 aliphatic heterocycles. The summed E-state index contributed by atoms with van der Waals surface area (Å²) in [4.78, 5) is 24.8. The Morgan fingerprint density at radius 1 is 1.17 bits per heavy atom. The van der Waals surface area contributed by atoms with Gasteiger partial charge >= 0.3 is 0 Å². The average molecular weight is 391 g/mol. The summed E-state index contributed by atoms with van der Waals surface area (Å²) in [5, 5.41) is 6.89. The fourth-order valence-corrected chi connectivity index (χ4v) is 3.32. The number of anilines is 1. The molecule has 1 aromatic carbocycles. The molecule has 2 amide bonds. The van der Waals surface area contributed by atoms with Gasteiger partial charge in [-0.3, -0.25) is 14.3 Å². The Morgan fingerprint density at radius 3 is 2.59 bits per heavy atom. The van der Waals surface area contributed by atoms with Crippen LogP contribution in [0.1, 0.15) is 37.8 Å². The second-order valence-corrected chi connectivity index (χ2v) is 7.02. The molecule has 0 unspecified atom stereocenters. The first-order valence-electron chi connectivity index (χ1n) is 9.12. The highest BCUT2D eigenvalue weighted by Crippen LogP contribution is 2.25. The molecule has 0 fully saturated rings. The molecule has 3 heterocycles. The molecule has 0 saturated heterocycles. The summed E-state index contributed by atoms with van der Waals surface area (Å²) in [5.41, 5.74) is 10.4. The molecule has 0 saturated carbocycles. The molecule has 8 nitrogen and oxygen atoms in total. The van der Waals surface area contributed by atoms with Gasteiger partial charge in [0.25, 0.3) is 11.8 Å². The number of nitrogens with two attached hydrogens (primary N) is 1. The Morgan fingerprint density at radius 2 is 1.90 bits per heavy atom. The van der Waals surface area contributed by atoms with Gasteiger partial charge in [-0.15, -0.1) is 0 Å². The number of nitrogens with one attached hydrogen (secondary N) is 1. The zero-order valence-electron chi connectivity index (χ0n) is 16.4. The molecule has 0 radical (unpaired) electrons. The van der Waals surface area contributed by atoms with Gasteiger partial charge in [0.05, 0.1) is 23.2 Å². The first kappa shape index (κ1) is 18.5. The van der Waals surface area contributed by atoms with E-state index in [-0.39, 0.29) is 11.6 Å². The predicted octanol–water partition coefficient (Wildman–Crippen LogP) is 2.98. The van der Waals surface area contributed by atoms with Crippen LogP contribution in [0.5, 0.6) is 0 Å². The lowest BCUT2D eigenvalue weighted by atomic mass is 10.1. The van der Waals surface area contributed by atoms with Gasteiger partial charge in [0.1, 0.15) is 5.69 Å². The SMILES string of the molecule is Cc1ccc(Cn2c(C(=O)Nc3c(C(N)=O)nn(C)c3C)cc3occc32)cc1. The number of aromatic nitrogens is 3. The first-order chi connectivity index (χ1) is 13.8. The summed E-state index contributed by atoms with van der Waals surface area (Å²) in [5.74, 6) is -1.07. The lowest BCUT2D eigenvalue weighted by Gasteiger charge is -2.11. The molecule has 3 aromatic heterocycles. The number of benzene rings is 1. The molecule has 4 rings (SSSR count). The van der Waals surface area contributed by atoms with E-state index in [9.17, 15) is 9.59 Å². The molecule has 3 N–H and O–H groups in total. The number of furan rings is 1. The maximum Gasteiger partial charge on any atom is 0.272 e. The third-order valence-corrected chi connectivity index (χ3v) is 5.02. The van der Waals surface area contributed by atoms with Crippen molar-refractivity contribution in [2.45, 2.75) is 20.4 Å². The summed E-state index contributed by atoms with van der Waals surface area (Å²) in [6.07, 6.45) is 1.59. The van der Waals surface area contributed by atoms with E-state index in [1.807, 2.05) is 41.8 Å². The highest BCUT2D eigenvalue weighted by atomic mass is 16.3. The topological polar surface area (TPSA) is 108 Å². The van der Waals surface area contributed by atoms with Gasteiger partial charge in [0.15, 0.2) is 11.3 Å². The normalized spacial score (nSPS) is 11.1. The van der Waals surface area contributed by atoms with E-state index >= 15 is 0 Å². The molecule has 0 atom stereocenters. The number of fused-ring (bicyclic) bond motifs is 1. The maximum atomic E-state index is 13.1. The van der Waals surface area contributed by atoms with E-state index in [4.69, 9.17) is 10.2 Å². The quantitative estimate of drug-likeness (QED) is 0.545. The van der Waals surface area contributed by atoms with E-state index in [1.54, 1.807) is 26.3 Å². The minimum absolute atomic E-state index is 0.0266. The highest BCUT2D eigenvalue weighted by Gasteiger charge is 2.23. The van der Waals surface area contributed by atoms with Crippen LogP contribution in [-0.2, 0) is 13.6 Å². The zero-order valence-corrected chi connectivity index (χ0v) is 16.4. The number of carbonyl (C=O) groups excluding carboxylic acids is 2. The molecule has 8 heteroatoms. The van der Waals surface area contributed by atoms with Crippen molar-refractivity contribution >= 4 is 28.6 Å². The Balaban J connectivity index is 1.73. The lowest BCUT2D eigenvalue weighted by Crippen LogP contribution is -2.21. The Hall–Kier alpha value is -3.81. The van der Waals surface area contributed by atoms with Crippen LogP contribution in [0.25, 0.3) is 11.1 Å². The molecule has 29 heavy (non-hydrogen) atoms. The van der Waals surface area contributed by atoms with Crippen molar-refractivity contribution in [1.29, 1.82) is 0 Å².